The Balaban J connectivity index is 2.47. The lowest BCUT2D eigenvalue weighted by Gasteiger charge is -2.17. The van der Waals surface area contributed by atoms with Crippen LogP contribution < -0.4 is 0 Å². The maximum atomic E-state index is 2.37. The molecule has 0 radical (unpaired) electrons. The summed E-state index contributed by atoms with van der Waals surface area (Å²) >= 11 is 0. The summed E-state index contributed by atoms with van der Waals surface area (Å²) in [5.41, 5.74) is 5.56. The van der Waals surface area contributed by atoms with Crippen LogP contribution in [0.5, 0.6) is 0 Å². The van der Waals surface area contributed by atoms with E-state index < -0.39 is 0 Å². The molecule has 4 aromatic carbocycles. The molecule has 0 aliphatic carbocycles. The Hall–Kier alpha value is -2.08. The normalized spacial score (nSPS) is 12.0. The van der Waals surface area contributed by atoms with E-state index in [9.17, 15) is 0 Å². The highest BCUT2D eigenvalue weighted by molar-refractivity contribution is 6.25. The van der Waals surface area contributed by atoms with E-state index >= 15 is 0 Å². The van der Waals surface area contributed by atoms with Crippen molar-refractivity contribution in [1.82, 2.24) is 0 Å². The van der Waals surface area contributed by atoms with Crippen molar-refractivity contribution in [1.29, 1.82) is 0 Å². The minimum atomic E-state index is 1.36. The van der Waals surface area contributed by atoms with Gasteiger partial charge in [-0.15, -0.1) is 0 Å². The van der Waals surface area contributed by atoms with E-state index in [1.54, 1.807) is 0 Å². The van der Waals surface area contributed by atoms with E-state index in [0.717, 1.165) is 0 Å². The molecule has 0 spiro atoms. The van der Waals surface area contributed by atoms with Gasteiger partial charge in [-0.3, -0.25) is 0 Å². The van der Waals surface area contributed by atoms with Gasteiger partial charge >= 0.3 is 0 Å². The highest BCUT2D eigenvalue weighted by Gasteiger charge is 2.13. The van der Waals surface area contributed by atoms with Gasteiger partial charge in [-0.2, -0.15) is 0 Å². The topological polar surface area (TPSA) is 0 Å². The molecule has 0 saturated carbocycles. The van der Waals surface area contributed by atoms with Crippen molar-refractivity contribution in [2.75, 3.05) is 0 Å². The van der Waals surface area contributed by atoms with E-state index in [4.69, 9.17) is 0 Å². The van der Waals surface area contributed by atoms with Crippen LogP contribution in [0.1, 0.15) is 22.3 Å². The second-order valence-corrected chi connectivity index (χ2v) is 6.08. The van der Waals surface area contributed by atoms with Gasteiger partial charge in [0.1, 0.15) is 0 Å². The van der Waals surface area contributed by atoms with Crippen LogP contribution in [0.25, 0.3) is 32.3 Å². The van der Waals surface area contributed by atoms with E-state index in [0.29, 0.717) is 0 Å². The third kappa shape index (κ3) is 1.31. The van der Waals surface area contributed by atoms with Crippen molar-refractivity contribution in [2.24, 2.45) is 0 Å². The fraction of sp³-hybridized carbons (Fsp3) is 0.200. The Morgan fingerprint density at radius 3 is 2.05 bits per heavy atom. The van der Waals surface area contributed by atoms with Crippen molar-refractivity contribution in [2.45, 2.75) is 27.7 Å². The minimum Gasteiger partial charge on any atom is -0.0581 e. The van der Waals surface area contributed by atoms with Crippen LogP contribution in [0, 0.1) is 27.7 Å². The third-order valence-electron chi connectivity index (χ3n) is 4.82. The van der Waals surface area contributed by atoms with Crippen molar-refractivity contribution in [3.05, 3.63) is 58.7 Å². The molecule has 0 atom stereocenters. The zero-order chi connectivity index (χ0) is 14.0. The average Bonchev–Trinajstić information content (AvgIpc) is 2.43. The Kier molecular flexibility index (Phi) is 2.18. The monoisotopic (exact) mass is 258 g/mol. The number of aryl methyl sites for hydroxylation is 4. The van der Waals surface area contributed by atoms with E-state index in [2.05, 4.69) is 64.1 Å². The van der Waals surface area contributed by atoms with Gasteiger partial charge < -0.3 is 0 Å². The van der Waals surface area contributed by atoms with Gasteiger partial charge in [0.25, 0.3) is 0 Å². The summed E-state index contributed by atoms with van der Waals surface area (Å²) in [6.45, 7) is 8.92. The Labute approximate surface area is 119 Å². The molecular weight excluding hydrogens is 240 g/mol. The van der Waals surface area contributed by atoms with Gasteiger partial charge in [0.2, 0.25) is 0 Å². The largest absolute Gasteiger partial charge is 0.0581 e. The van der Waals surface area contributed by atoms with E-state index in [1.807, 2.05) is 0 Å². The van der Waals surface area contributed by atoms with Crippen LogP contribution in [0.2, 0.25) is 0 Å². The molecule has 0 amide bonds. The molecule has 4 aromatic rings. The summed E-state index contributed by atoms with van der Waals surface area (Å²) in [4.78, 5) is 0. The Bertz CT molecular complexity index is 974. The smallest absolute Gasteiger partial charge is 0.00214 e. The highest BCUT2D eigenvalue weighted by Crippen LogP contribution is 2.39. The summed E-state index contributed by atoms with van der Waals surface area (Å²) in [5.74, 6) is 0. The highest BCUT2D eigenvalue weighted by atomic mass is 14.2. The molecule has 0 aliphatic heterocycles. The van der Waals surface area contributed by atoms with Gasteiger partial charge in [-0.1, -0.05) is 36.4 Å². The molecule has 0 bridgehead atoms. The van der Waals surface area contributed by atoms with Crippen molar-refractivity contribution in [3.8, 4) is 0 Å². The predicted molar refractivity (Wildman–Crippen MR) is 89.1 cm³/mol. The molecule has 0 nitrogen and oxygen atoms in total. The van der Waals surface area contributed by atoms with Crippen molar-refractivity contribution in [3.63, 3.8) is 0 Å². The molecule has 0 heteroatoms. The molecule has 98 valence electrons. The maximum Gasteiger partial charge on any atom is -0.00214 e. The first kappa shape index (κ1) is 11.7. The summed E-state index contributed by atoms with van der Waals surface area (Å²) in [5, 5.41) is 8.46. The summed E-state index contributed by atoms with van der Waals surface area (Å²) in [6.07, 6.45) is 0. The molecule has 20 heavy (non-hydrogen) atoms. The molecule has 0 heterocycles. The lowest BCUT2D eigenvalue weighted by atomic mass is 9.87. The number of rotatable bonds is 0. The predicted octanol–water partition coefficient (Wildman–Crippen LogP) is 5.82. The Morgan fingerprint density at radius 2 is 1.25 bits per heavy atom. The van der Waals surface area contributed by atoms with Gasteiger partial charge in [0.15, 0.2) is 0 Å². The van der Waals surface area contributed by atoms with Crippen LogP contribution in [-0.4, -0.2) is 0 Å². The maximum absolute atomic E-state index is 2.37. The molecule has 0 aromatic heterocycles. The minimum absolute atomic E-state index is 1.36. The van der Waals surface area contributed by atoms with Gasteiger partial charge in [-0.25, -0.2) is 0 Å². The van der Waals surface area contributed by atoms with Crippen molar-refractivity contribution >= 4 is 32.3 Å². The zero-order valence-electron chi connectivity index (χ0n) is 12.5. The molecule has 0 N–H and O–H groups in total. The van der Waals surface area contributed by atoms with Gasteiger partial charge in [0, 0.05) is 0 Å². The molecule has 0 unspecified atom stereocenters. The quantitative estimate of drug-likeness (QED) is 0.349. The van der Waals surface area contributed by atoms with Crippen LogP contribution in [-0.2, 0) is 0 Å². The molecule has 4 rings (SSSR count). The van der Waals surface area contributed by atoms with Crippen LogP contribution in [0.4, 0.5) is 0 Å². The van der Waals surface area contributed by atoms with Crippen LogP contribution in [0.3, 0.4) is 0 Å². The van der Waals surface area contributed by atoms with Crippen LogP contribution in [0.15, 0.2) is 36.4 Å². The lowest BCUT2D eigenvalue weighted by molar-refractivity contribution is 1.38. The standard InChI is InChI=1S/C20H18/c1-11-5-6-15-7-8-16-9-12(2)14(4)17-10-13(3)18(11)20(15)19(16)17/h5-10H,1-4H3. The molecular formula is C20H18. The Morgan fingerprint density at radius 1 is 0.550 bits per heavy atom. The fourth-order valence-electron chi connectivity index (χ4n) is 3.67. The number of benzene rings is 4. The van der Waals surface area contributed by atoms with E-state index in [-0.39, 0.29) is 0 Å². The van der Waals surface area contributed by atoms with E-state index in [1.165, 1.54) is 54.6 Å². The molecule has 0 fully saturated rings. The summed E-state index contributed by atoms with van der Waals surface area (Å²) < 4.78 is 0. The summed E-state index contributed by atoms with van der Waals surface area (Å²) in [6, 6.07) is 13.7. The first-order chi connectivity index (χ1) is 9.58. The second-order valence-electron chi connectivity index (χ2n) is 6.08. The fourth-order valence-corrected chi connectivity index (χ4v) is 3.67. The first-order valence-electron chi connectivity index (χ1n) is 7.23. The molecule has 0 aliphatic rings. The summed E-state index contributed by atoms with van der Waals surface area (Å²) in [7, 11) is 0. The van der Waals surface area contributed by atoms with Crippen molar-refractivity contribution < 1.29 is 0 Å². The molecule has 0 saturated heterocycles. The zero-order valence-corrected chi connectivity index (χ0v) is 12.5. The first-order valence-corrected chi connectivity index (χ1v) is 7.23. The number of hydrogen-bond donors (Lipinski definition) is 0. The van der Waals surface area contributed by atoms with Crippen LogP contribution >= 0.6 is 0 Å². The lowest BCUT2D eigenvalue weighted by Crippen LogP contribution is -1.92. The average molecular weight is 258 g/mol. The van der Waals surface area contributed by atoms with Gasteiger partial charge in [0.05, 0.1) is 0 Å². The van der Waals surface area contributed by atoms with Gasteiger partial charge in [-0.05, 0) is 82.3 Å². The SMILES string of the molecule is Cc1cc2ccc3ccc(C)c4c(C)cc(c1C)c2c34. The number of hydrogen-bond acceptors (Lipinski definition) is 0. The second kappa shape index (κ2) is 3.73. The third-order valence-corrected chi connectivity index (χ3v) is 4.82.